The minimum atomic E-state index is -0.101. The molecule has 1 N–H and O–H groups in total. The van der Waals surface area contributed by atoms with Crippen LogP contribution in [0, 0.1) is 6.92 Å². The third kappa shape index (κ3) is 4.40. The molecule has 1 amide bonds. The molecule has 8 heteroatoms. The molecule has 184 valence electrons. The molecular weight excluding hydrogens is 452 g/mol. The Morgan fingerprint density at radius 1 is 1.14 bits per heavy atom. The summed E-state index contributed by atoms with van der Waals surface area (Å²) in [5, 5.41) is 4.24. The molecule has 0 saturated heterocycles. The number of rotatable bonds is 6. The molecule has 4 aromatic rings. The minimum Gasteiger partial charge on any atom is -0.374 e. The van der Waals surface area contributed by atoms with Crippen molar-refractivity contribution in [1.82, 2.24) is 19.9 Å². The Morgan fingerprint density at radius 2 is 1.97 bits per heavy atom. The van der Waals surface area contributed by atoms with E-state index in [9.17, 15) is 4.79 Å². The first-order valence-corrected chi connectivity index (χ1v) is 12.1. The lowest BCUT2D eigenvalue weighted by Gasteiger charge is -2.19. The fraction of sp³-hybridized carbons (Fsp3) is 0.321. The first-order chi connectivity index (χ1) is 17.3. The highest BCUT2D eigenvalue weighted by atomic mass is 16.5. The quantitative estimate of drug-likeness (QED) is 0.398. The zero-order valence-electron chi connectivity index (χ0n) is 21.3. The lowest BCUT2D eigenvalue weighted by molar-refractivity contribution is -0.116. The number of anilines is 3. The van der Waals surface area contributed by atoms with Crippen molar-refractivity contribution >= 4 is 34.1 Å². The molecule has 3 aromatic heterocycles. The fourth-order valence-electron chi connectivity index (χ4n) is 4.68. The SMILES string of the molecule is CCOCc1nc(Nc2ccc3c(c2)N(C(C)=O)CC3(C)C)c2ccc(-c3ncccc3C)nc2n1. The van der Waals surface area contributed by atoms with Crippen LogP contribution < -0.4 is 10.2 Å². The predicted octanol–water partition coefficient (Wildman–Crippen LogP) is 5.32. The van der Waals surface area contributed by atoms with Crippen LogP contribution in [-0.4, -0.2) is 39.0 Å². The van der Waals surface area contributed by atoms with E-state index in [0.717, 1.165) is 39.3 Å². The highest BCUT2D eigenvalue weighted by Crippen LogP contribution is 2.42. The largest absolute Gasteiger partial charge is 0.374 e. The summed E-state index contributed by atoms with van der Waals surface area (Å²) in [6.07, 6.45) is 1.77. The molecule has 0 atom stereocenters. The summed E-state index contributed by atoms with van der Waals surface area (Å²) < 4.78 is 5.59. The number of hydrogen-bond donors (Lipinski definition) is 1. The van der Waals surface area contributed by atoms with Gasteiger partial charge in [0, 0.05) is 43.1 Å². The molecule has 1 aliphatic heterocycles. The molecule has 1 aliphatic rings. The molecule has 0 spiro atoms. The Kier molecular flexibility index (Phi) is 6.14. The summed E-state index contributed by atoms with van der Waals surface area (Å²) in [5.74, 6) is 1.21. The Hall–Kier alpha value is -3.91. The molecular formula is C28H30N6O2. The smallest absolute Gasteiger partial charge is 0.223 e. The van der Waals surface area contributed by atoms with Crippen molar-refractivity contribution in [1.29, 1.82) is 0 Å². The molecule has 0 aliphatic carbocycles. The number of carbonyl (C=O) groups excluding carboxylic acids is 1. The van der Waals surface area contributed by atoms with E-state index in [-0.39, 0.29) is 17.9 Å². The first kappa shape index (κ1) is 23.8. The van der Waals surface area contributed by atoms with Crippen molar-refractivity contribution in [3.63, 3.8) is 0 Å². The van der Waals surface area contributed by atoms with E-state index in [4.69, 9.17) is 14.7 Å². The first-order valence-electron chi connectivity index (χ1n) is 12.1. The summed E-state index contributed by atoms with van der Waals surface area (Å²) in [7, 11) is 0. The number of fused-ring (bicyclic) bond motifs is 2. The second kappa shape index (κ2) is 9.28. The number of benzene rings is 1. The van der Waals surface area contributed by atoms with E-state index in [1.165, 1.54) is 0 Å². The van der Waals surface area contributed by atoms with Crippen molar-refractivity contribution in [2.45, 2.75) is 46.6 Å². The van der Waals surface area contributed by atoms with Gasteiger partial charge in [-0.15, -0.1) is 0 Å². The van der Waals surface area contributed by atoms with E-state index in [1.54, 1.807) is 13.1 Å². The lowest BCUT2D eigenvalue weighted by atomic mass is 9.87. The molecule has 0 radical (unpaired) electrons. The highest BCUT2D eigenvalue weighted by molar-refractivity contribution is 5.96. The van der Waals surface area contributed by atoms with Crippen LogP contribution in [0.25, 0.3) is 22.4 Å². The van der Waals surface area contributed by atoms with Gasteiger partial charge in [-0.1, -0.05) is 26.0 Å². The predicted molar refractivity (Wildman–Crippen MR) is 141 cm³/mol. The second-order valence-electron chi connectivity index (χ2n) is 9.71. The van der Waals surface area contributed by atoms with E-state index in [0.29, 0.717) is 30.4 Å². The van der Waals surface area contributed by atoms with Gasteiger partial charge in [0.25, 0.3) is 0 Å². The second-order valence-corrected chi connectivity index (χ2v) is 9.71. The molecule has 0 unspecified atom stereocenters. The third-order valence-corrected chi connectivity index (χ3v) is 6.51. The average Bonchev–Trinajstić information content (AvgIpc) is 3.13. The van der Waals surface area contributed by atoms with Gasteiger partial charge in [-0.3, -0.25) is 9.78 Å². The number of hydrogen-bond acceptors (Lipinski definition) is 7. The maximum Gasteiger partial charge on any atom is 0.223 e. The normalized spacial score (nSPS) is 14.2. The van der Waals surface area contributed by atoms with Gasteiger partial charge in [-0.25, -0.2) is 15.0 Å². The maximum absolute atomic E-state index is 12.3. The van der Waals surface area contributed by atoms with Gasteiger partial charge in [-0.2, -0.15) is 0 Å². The summed E-state index contributed by atoms with van der Waals surface area (Å²) in [5.41, 5.74) is 6.01. The van der Waals surface area contributed by atoms with E-state index >= 15 is 0 Å². The summed E-state index contributed by atoms with van der Waals surface area (Å²) >= 11 is 0. The van der Waals surface area contributed by atoms with E-state index in [2.05, 4.69) is 35.2 Å². The molecule has 8 nitrogen and oxygen atoms in total. The van der Waals surface area contributed by atoms with Gasteiger partial charge in [0.05, 0.1) is 16.8 Å². The minimum absolute atomic E-state index is 0.0343. The zero-order valence-corrected chi connectivity index (χ0v) is 21.3. The van der Waals surface area contributed by atoms with Crippen LogP contribution in [0.2, 0.25) is 0 Å². The number of pyridine rings is 2. The topological polar surface area (TPSA) is 93.1 Å². The molecule has 0 saturated carbocycles. The van der Waals surface area contributed by atoms with Gasteiger partial charge < -0.3 is 15.0 Å². The van der Waals surface area contributed by atoms with Crippen molar-refractivity contribution in [2.24, 2.45) is 0 Å². The number of nitrogens with one attached hydrogen (secondary N) is 1. The number of nitrogens with zero attached hydrogens (tertiary/aromatic N) is 5. The van der Waals surface area contributed by atoms with Gasteiger partial charge in [0.1, 0.15) is 12.4 Å². The number of ether oxygens (including phenoxy) is 1. The maximum atomic E-state index is 12.3. The summed E-state index contributed by atoms with van der Waals surface area (Å²) in [6, 6.07) is 14.0. The van der Waals surface area contributed by atoms with Crippen LogP contribution in [-0.2, 0) is 21.6 Å². The van der Waals surface area contributed by atoms with Crippen molar-refractivity contribution in [3.8, 4) is 11.4 Å². The fourth-order valence-corrected chi connectivity index (χ4v) is 4.68. The third-order valence-electron chi connectivity index (χ3n) is 6.51. The Morgan fingerprint density at radius 3 is 2.72 bits per heavy atom. The Balaban J connectivity index is 1.58. The lowest BCUT2D eigenvalue weighted by Crippen LogP contribution is -2.31. The van der Waals surface area contributed by atoms with Crippen molar-refractivity contribution < 1.29 is 9.53 Å². The average molecular weight is 483 g/mol. The molecule has 0 fully saturated rings. The molecule has 36 heavy (non-hydrogen) atoms. The molecule has 0 bridgehead atoms. The monoisotopic (exact) mass is 482 g/mol. The molecule has 4 heterocycles. The Bertz CT molecular complexity index is 1470. The number of carbonyl (C=O) groups is 1. The standard InChI is InChI=1S/C28H30N6O2/c1-6-36-15-24-32-26(20-10-12-22(31-27(20)33-24)25-17(2)8-7-13-29-25)30-19-9-11-21-23(14-19)34(18(3)35)16-28(21,4)5/h7-14H,6,15-16H2,1-5H3,(H,30,31,32,33). The van der Waals surface area contributed by atoms with Crippen molar-refractivity contribution in [2.75, 3.05) is 23.4 Å². The highest BCUT2D eigenvalue weighted by Gasteiger charge is 2.36. The van der Waals surface area contributed by atoms with Crippen LogP contribution in [0.3, 0.4) is 0 Å². The number of aromatic nitrogens is 4. The van der Waals surface area contributed by atoms with E-state index in [1.807, 2.05) is 55.1 Å². The van der Waals surface area contributed by atoms with Crippen molar-refractivity contribution in [3.05, 3.63) is 65.6 Å². The number of aryl methyl sites for hydroxylation is 1. The summed E-state index contributed by atoms with van der Waals surface area (Å²) in [6.45, 7) is 11.4. The van der Waals surface area contributed by atoms with Gasteiger partial charge in [-0.05, 0) is 55.3 Å². The summed E-state index contributed by atoms with van der Waals surface area (Å²) in [4.78, 5) is 32.9. The molecule has 5 rings (SSSR count). The van der Waals surface area contributed by atoms with Crippen LogP contribution in [0.4, 0.5) is 17.2 Å². The van der Waals surface area contributed by atoms with Crippen LogP contribution >= 0.6 is 0 Å². The Labute approximate surface area is 210 Å². The van der Waals surface area contributed by atoms with Crippen LogP contribution in [0.15, 0.2) is 48.7 Å². The van der Waals surface area contributed by atoms with Crippen LogP contribution in [0.1, 0.15) is 44.6 Å². The zero-order chi connectivity index (χ0) is 25.4. The van der Waals surface area contributed by atoms with Gasteiger partial charge in [0.15, 0.2) is 11.5 Å². The number of amides is 1. The van der Waals surface area contributed by atoms with Gasteiger partial charge in [0.2, 0.25) is 5.91 Å². The van der Waals surface area contributed by atoms with E-state index < -0.39 is 0 Å². The molecule has 1 aromatic carbocycles. The van der Waals surface area contributed by atoms with Gasteiger partial charge >= 0.3 is 0 Å². The van der Waals surface area contributed by atoms with Crippen LogP contribution in [0.5, 0.6) is 0 Å².